The zero-order chi connectivity index (χ0) is 16.0. The Balaban J connectivity index is 1.74. The molecular formula is C21H28O. The molecule has 0 N–H and O–H groups in total. The molecule has 0 aromatic heterocycles. The van der Waals surface area contributed by atoms with E-state index in [4.69, 9.17) is 4.74 Å². The molecule has 0 fully saturated rings. The van der Waals surface area contributed by atoms with Gasteiger partial charge in [0.2, 0.25) is 0 Å². The van der Waals surface area contributed by atoms with E-state index < -0.39 is 0 Å². The Morgan fingerprint density at radius 1 is 0.727 bits per heavy atom. The highest BCUT2D eigenvalue weighted by Crippen LogP contribution is 2.19. The molecule has 0 radical (unpaired) electrons. The van der Waals surface area contributed by atoms with Gasteiger partial charge in [-0.15, -0.1) is 0 Å². The average molecular weight is 296 g/mol. The number of benzene rings is 2. The summed E-state index contributed by atoms with van der Waals surface area (Å²) in [5, 5.41) is 0. The van der Waals surface area contributed by atoms with E-state index in [0.717, 1.165) is 12.2 Å². The number of aryl methyl sites for hydroxylation is 3. The van der Waals surface area contributed by atoms with Crippen molar-refractivity contribution in [2.75, 3.05) is 0 Å². The van der Waals surface area contributed by atoms with E-state index in [-0.39, 0.29) is 5.60 Å². The summed E-state index contributed by atoms with van der Waals surface area (Å²) in [6, 6.07) is 17.4. The standard InChI is InChI=1S/C21H28O/c1-17-9-11-18(12-10-17)7-5-6-8-19-13-15-20(16-14-19)22-21(2,3)4/h9-16H,5-8H2,1-4H3. The number of hydrogen-bond acceptors (Lipinski definition) is 1. The second kappa shape index (κ2) is 7.49. The summed E-state index contributed by atoms with van der Waals surface area (Å²) in [4.78, 5) is 0. The molecule has 2 aromatic carbocycles. The van der Waals surface area contributed by atoms with Gasteiger partial charge in [-0.25, -0.2) is 0 Å². The second-order valence-corrected chi connectivity index (χ2v) is 7.05. The maximum Gasteiger partial charge on any atom is 0.120 e. The van der Waals surface area contributed by atoms with Crippen molar-refractivity contribution in [1.29, 1.82) is 0 Å². The Morgan fingerprint density at radius 3 is 1.64 bits per heavy atom. The molecule has 0 bridgehead atoms. The summed E-state index contributed by atoms with van der Waals surface area (Å²) in [6.07, 6.45) is 4.78. The van der Waals surface area contributed by atoms with Crippen molar-refractivity contribution >= 4 is 0 Å². The van der Waals surface area contributed by atoms with Crippen molar-refractivity contribution in [3.8, 4) is 5.75 Å². The van der Waals surface area contributed by atoms with Crippen LogP contribution < -0.4 is 4.74 Å². The third-order valence-corrected chi connectivity index (χ3v) is 3.65. The van der Waals surface area contributed by atoms with Gasteiger partial charge < -0.3 is 4.74 Å². The summed E-state index contributed by atoms with van der Waals surface area (Å²) in [5.74, 6) is 0.955. The smallest absolute Gasteiger partial charge is 0.120 e. The van der Waals surface area contributed by atoms with Crippen LogP contribution in [-0.4, -0.2) is 5.60 Å². The molecule has 1 heteroatoms. The van der Waals surface area contributed by atoms with Crippen LogP contribution in [0.2, 0.25) is 0 Å². The van der Waals surface area contributed by atoms with E-state index in [1.807, 2.05) is 0 Å². The highest BCUT2D eigenvalue weighted by Gasteiger charge is 2.11. The number of rotatable bonds is 6. The molecule has 22 heavy (non-hydrogen) atoms. The largest absolute Gasteiger partial charge is 0.488 e. The molecular weight excluding hydrogens is 268 g/mol. The van der Waals surface area contributed by atoms with Crippen molar-refractivity contribution in [3.63, 3.8) is 0 Å². The van der Waals surface area contributed by atoms with E-state index >= 15 is 0 Å². The van der Waals surface area contributed by atoms with Gasteiger partial charge in [-0.05, 0) is 76.6 Å². The molecule has 0 amide bonds. The first-order valence-electron chi connectivity index (χ1n) is 8.26. The minimum Gasteiger partial charge on any atom is -0.488 e. The summed E-state index contributed by atoms with van der Waals surface area (Å²) >= 11 is 0. The van der Waals surface area contributed by atoms with Gasteiger partial charge >= 0.3 is 0 Å². The monoisotopic (exact) mass is 296 g/mol. The van der Waals surface area contributed by atoms with Crippen LogP contribution >= 0.6 is 0 Å². The molecule has 2 rings (SSSR count). The van der Waals surface area contributed by atoms with Crippen LogP contribution in [0.3, 0.4) is 0 Å². The quantitative estimate of drug-likeness (QED) is 0.618. The van der Waals surface area contributed by atoms with Gasteiger partial charge in [0, 0.05) is 0 Å². The second-order valence-electron chi connectivity index (χ2n) is 7.05. The molecule has 0 saturated heterocycles. The highest BCUT2D eigenvalue weighted by atomic mass is 16.5. The number of ether oxygens (including phenoxy) is 1. The Bertz CT molecular complexity index is 558. The highest BCUT2D eigenvalue weighted by molar-refractivity contribution is 5.28. The molecule has 0 atom stereocenters. The predicted molar refractivity (Wildman–Crippen MR) is 94.6 cm³/mol. The van der Waals surface area contributed by atoms with Crippen LogP contribution in [0.4, 0.5) is 0 Å². The van der Waals surface area contributed by atoms with Crippen LogP contribution in [0.5, 0.6) is 5.75 Å². The minimum absolute atomic E-state index is 0.129. The molecule has 2 aromatic rings. The van der Waals surface area contributed by atoms with E-state index in [9.17, 15) is 0 Å². The van der Waals surface area contributed by atoms with Crippen molar-refractivity contribution < 1.29 is 4.74 Å². The first-order chi connectivity index (χ1) is 10.4. The Morgan fingerprint density at radius 2 is 1.18 bits per heavy atom. The number of hydrogen-bond donors (Lipinski definition) is 0. The van der Waals surface area contributed by atoms with Gasteiger partial charge in [-0.2, -0.15) is 0 Å². The van der Waals surface area contributed by atoms with Crippen molar-refractivity contribution in [1.82, 2.24) is 0 Å². The molecule has 0 aliphatic carbocycles. The SMILES string of the molecule is Cc1ccc(CCCCc2ccc(OC(C)(C)C)cc2)cc1. The molecule has 0 spiro atoms. The third kappa shape index (κ3) is 5.93. The predicted octanol–water partition coefficient (Wildman–Crippen LogP) is 5.74. The Kier molecular flexibility index (Phi) is 5.65. The minimum atomic E-state index is -0.129. The third-order valence-electron chi connectivity index (χ3n) is 3.65. The lowest BCUT2D eigenvalue weighted by molar-refractivity contribution is 0.131. The summed E-state index contributed by atoms with van der Waals surface area (Å²) in [5.41, 5.74) is 4.04. The van der Waals surface area contributed by atoms with Gasteiger partial charge in [0.1, 0.15) is 11.4 Å². The van der Waals surface area contributed by atoms with Gasteiger partial charge in [0.15, 0.2) is 0 Å². The maximum atomic E-state index is 5.85. The molecule has 1 nitrogen and oxygen atoms in total. The van der Waals surface area contributed by atoms with Crippen LogP contribution in [0.25, 0.3) is 0 Å². The van der Waals surface area contributed by atoms with Crippen LogP contribution in [0, 0.1) is 6.92 Å². The van der Waals surface area contributed by atoms with Crippen molar-refractivity contribution in [2.24, 2.45) is 0 Å². The van der Waals surface area contributed by atoms with Crippen LogP contribution in [-0.2, 0) is 12.8 Å². The van der Waals surface area contributed by atoms with Gasteiger partial charge in [-0.1, -0.05) is 42.0 Å². The Hall–Kier alpha value is -1.76. The lowest BCUT2D eigenvalue weighted by atomic mass is 10.0. The molecule has 0 unspecified atom stereocenters. The molecule has 0 aliphatic heterocycles. The van der Waals surface area contributed by atoms with Crippen LogP contribution in [0.15, 0.2) is 48.5 Å². The van der Waals surface area contributed by atoms with E-state index in [1.54, 1.807) is 0 Å². The van der Waals surface area contributed by atoms with Crippen molar-refractivity contribution in [2.45, 2.75) is 59.0 Å². The molecule has 0 saturated carbocycles. The fourth-order valence-corrected chi connectivity index (χ4v) is 2.49. The van der Waals surface area contributed by atoms with Gasteiger partial charge in [0.05, 0.1) is 0 Å². The number of unbranched alkanes of at least 4 members (excludes halogenated alkanes) is 1. The van der Waals surface area contributed by atoms with Gasteiger partial charge in [0.25, 0.3) is 0 Å². The Labute approximate surface area is 135 Å². The van der Waals surface area contributed by atoms with E-state index in [2.05, 4.69) is 76.2 Å². The molecule has 0 aliphatic rings. The topological polar surface area (TPSA) is 9.23 Å². The lowest BCUT2D eigenvalue weighted by Gasteiger charge is -2.21. The fourth-order valence-electron chi connectivity index (χ4n) is 2.49. The normalized spacial score (nSPS) is 11.5. The average Bonchev–Trinajstić information content (AvgIpc) is 2.45. The van der Waals surface area contributed by atoms with E-state index in [0.29, 0.717) is 0 Å². The summed E-state index contributed by atoms with van der Waals surface area (Å²) < 4.78 is 5.85. The zero-order valence-electron chi connectivity index (χ0n) is 14.4. The van der Waals surface area contributed by atoms with Crippen LogP contribution in [0.1, 0.15) is 50.3 Å². The maximum absolute atomic E-state index is 5.85. The lowest BCUT2D eigenvalue weighted by Crippen LogP contribution is -2.22. The molecule has 0 heterocycles. The molecule has 118 valence electrons. The fraction of sp³-hybridized carbons (Fsp3) is 0.429. The summed E-state index contributed by atoms with van der Waals surface area (Å²) in [6.45, 7) is 8.36. The zero-order valence-corrected chi connectivity index (χ0v) is 14.4. The first kappa shape index (κ1) is 16.6. The van der Waals surface area contributed by atoms with Crippen molar-refractivity contribution in [3.05, 3.63) is 65.2 Å². The van der Waals surface area contributed by atoms with Gasteiger partial charge in [-0.3, -0.25) is 0 Å². The van der Waals surface area contributed by atoms with E-state index in [1.165, 1.54) is 36.0 Å². The summed E-state index contributed by atoms with van der Waals surface area (Å²) in [7, 11) is 0. The first-order valence-corrected chi connectivity index (χ1v) is 8.26.